The number of phenols is 1. The average Bonchev–Trinajstić information content (AvgIpc) is 3.34. The molecule has 3 aromatic rings. The molecule has 2 amide bonds. The van der Waals surface area contributed by atoms with Crippen LogP contribution in [0.4, 0.5) is 11.6 Å². The molecule has 0 atom stereocenters. The third-order valence-electron chi connectivity index (χ3n) is 16.1. The van der Waals surface area contributed by atoms with E-state index in [1.54, 1.807) is 38.8 Å². The van der Waals surface area contributed by atoms with Gasteiger partial charge in [0.1, 0.15) is 17.7 Å². The van der Waals surface area contributed by atoms with Crippen molar-refractivity contribution in [2.24, 2.45) is 27.0 Å². The lowest BCUT2D eigenvalue weighted by Gasteiger charge is -2.57. The zero-order chi connectivity index (χ0) is 50.8. The first kappa shape index (κ1) is 51.4. The van der Waals surface area contributed by atoms with Gasteiger partial charge in [0.15, 0.2) is 0 Å². The summed E-state index contributed by atoms with van der Waals surface area (Å²) in [6.45, 7) is 18.6. The number of anilines is 2. The number of aromatic hydroxyl groups is 1. The lowest BCUT2D eigenvalue weighted by atomic mass is 9.52. The van der Waals surface area contributed by atoms with Gasteiger partial charge in [-0.1, -0.05) is 39.3 Å². The number of hydrogen-bond donors (Lipinski definition) is 5. The van der Waals surface area contributed by atoms with Crippen LogP contribution < -0.4 is 26.2 Å². The molecule has 2 saturated heterocycles. The molecule has 1 spiro atoms. The number of likely N-dealkylation sites (tertiary alicyclic amines) is 1. The predicted octanol–water partition coefficient (Wildman–Crippen LogP) is 8.00. The van der Waals surface area contributed by atoms with Gasteiger partial charge in [0.05, 0.1) is 22.7 Å². The molecule has 9 rings (SSSR count). The van der Waals surface area contributed by atoms with Gasteiger partial charge in [0.2, 0.25) is 11.9 Å². The molecule has 2 aliphatic carbocycles. The number of allylic oxidation sites excluding steroid dienone is 1. The van der Waals surface area contributed by atoms with Crippen molar-refractivity contribution in [1.82, 2.24) is 30.4 Å². The fraction of sp³-hybridized carbons (Fsp3) is 0.545. The summed E-state index contributed by atoms with van der Waals surface area (Å²) >= 11 is 5.55. The minimum atomic E-state index is -0.0870. The maximum atomic E-state index is 13.1. The van der Waals surface area contributed by atoms with Crippen molar-refractivity contribution in [2.45, 2.75) is 124 Å². The van der Waals surface area contributed by atoms with Gasteiger partial charge in [0, 0.05) is 131 Å². The number of carbonyl (C=O) groups is 2. The first-order valence-electron chi connectivity index (χ1n) is 25.4. The second-order valence-corrected chi connectivity index (χ2v) is 22.6. The Bertz CT molecular complexity index is 2610. The minimum Gasteiger partial charge on any atom is -0.508 e. The summed E-state index contributed by atoms with van der Waals surface area (Å²) in [4.78, 5) is 48.2. The number of carbonyl (C=O) groups excluding carboxylic acids is 2. The zero-order valence-electron chi connectivity index (χ0n) is 42.7. The second kappa shape index (κ2) is 21.0. The Morgan fingerprint density at radius 3 is 2.30 bits per heavy atom. The highest BCUT2D eigenvalue weighted by Crippen LogP contribution is 2.53. The smallest absolute Gasteiger partial charge is 0.254 e. The van der Waals surface area contributed by atoms with E-state index in [2.05, 4.69) is 87.0 Å². The predicted molar refractivity (Wildman–Crippen MR) is 283 cm³/mol. The lowest BCUT2D eigenvalue weighted by molar-refractivity contribution is -0.128. The number of hydrogen-bond acceptors (Lipinski definition) is 12. The van der Waals surface area contributed by atoms with Crippen molar-refractivity contribution in [3.05, 3.63) is 93.0 Å². The van der Waals surface area contributed by atoms with Gasteiger partial charge < -0.3 is 41.1 Å². The highest BCUT2D eigenvalue weighted by atomic mass is 35.5. The molecule has 2 aromatic carbocycles. The Balaban J connectivity index is 0.000000604. The number of fused-ring (bicyclic) bond motifs is 1. The molecule has 6 aliphatic rings. The number of aliphatic imine (C=N–C) groups is 1. The van der Waals surface area contributed by atoms with Crippen LogP contribution in [0.1, 0.15) is 125 Å². The summed E-state index contributed by atoms with van der Waals surface area (Å²) in [5.74, 6) is 1.27. The quantitative estimate of drug-likeness (QED) is 0.103. The first-order valence-corrected chi connectivity index (χ1v) is 25.8. The van der Waals surface area contributed by atoms with E-state index in [0.717, 1.165) is 111 Å². The maximum Gasteiger partial charge on any atom is 0.254 e. The number of nitrogens with one attached hydrogen (secondary N) is 3. The van der Waals surface area contributed by atoms with E-state index >= 15 is 0 Å². The van der Waals surface area contributed by atoms with Crippen LogP contribution in [0.2, 0.25) is 5.02 Å². The van der Waals surface area contributed by atoms with E-state index in [1.165, 1.54) is 49.4 Å². The Morgan fingerprint density at radius 1 is 1.00 bits per heavy atom. The number of nitriles is 1. The highest BCUT2D eigenvalue weighted by Gasteiger charge is 2.53. The van der Waals surface area contributed by atoms with Gasteiger partial charge in [0.25, 0.3) is 5.91 Å². The Labute approximate surface area is 425 Å². The van der Waals surface area contributed by atoms with Gasteiger partial charge in [-0.25, -0.2) is 9.97 Å². The number of piperidine rings is 1. The Kier molecular flexibility index (Phi) is 15.2. The molecule has 0 bridgehead atoms. The van der Waals surface area contributed by atoms with Gasteiger partial charge >= 0.3 is 0 Å². The maximum absolute atomic E-state index is 13.1. The van der Waals surface area contributed by atoms with E-state index < -0.39 is 0 Å². The summed E-state index contributed by atoms with van der Waals surface area (Å²) < 4.78 is 0. The van der Waals surface area contributed by atoms with Crippen molar-refractivity contribution in [2.75, 3.05) is 62.7 Å². The molecule has 15 nitrogen and oxygen atoms in total. The molecular formula is C55H73ClN12O3. The molecule has 71 heavy (non-hydrogen) atoms. The molecule has 16 heteroatoms. The number of amidine groups is 1. The Hall–Kier alpha value is -5.98. The third kappa shape index (κ3) is 11.1. The zero-order valence-corrected chi connectivity index (χ0v) is 43.5. The van der Waals surface area contributed by atoms with Crippen molar-refractivity contribution in [1.29, 1.82) is 10.7 Å². The number of aromatic nitrogens is 2. The second-order valence-electron chi connectivity index (χ2n) is 22.2. The fourth-order valence-electron chi connectivity index (χ4n) is 12.8. The van der Waals surface area contributed by atoms with E-state index in [1.807, 2.05) is 11.0 Å². The number of nitrogens with two attached hydrogens (primary N) is 1. The molecule has 1 aromatic heterocycles. The summed E-state index contributed by atoms with van der Waals surface area (Å²) in [6, 6.07) is 11.6. The number of rotatable bonds is 9. The van der Waals surface area contributed by atoms with Gasteiger partial charge in [-0.05, 0) is 123 Å². The summed E-state index contributed by atoms with van der Waals surface area (Å²) in [7, 11) is 1.76. The number of amides is 2. The molecule has 0 unspecified atom stereocenters. The summed E-state index contributed by atoms with van der Waals surface area (Å²) in [5.41, 5.74) is 14.8. The van der Waals surface area contributed by atoms with Gasteiger partial charge in [-0.3, -0.25) is 20.0 Å². The summed E-state index contributed by atoms with van der Waals surface area (Å²) in [6.07, 6.45) is 17.6. The van der Waals surface area contributed by atoms with Crippen LogP contribution >= 0.6 is 11.6 Å². The van der Waals surface area contributed by atoms with Crippen molar-refractivity contribution in [3.63, 3.8) is 0 Å². The van der Waals surface area contributed by atoms with E-state index in [0.29, 0.717) is 47.6 Å². The van der Waals surface area contributed by atoms with Gasteiger partial charge in [-0.15, -0.1) is 0 Å². The molecule has 4 fully saturated rings. The van der Waals surface area contributed by atoms with E-state index in [9.17, 15) is 15.0 Å². The molecule has 6 N–H and O–H groups in total. The van der Waals surface area contributed by atoms with Crippen LogP contribution in [0.5, 0.6) is 5.75 Å². The largest absolute Gasteiger partial charge is 0.508 e. The van der Waals surface area contributed by atoms with Gasteiger partial charge in [-0.2, -0.15) is 5.26 Å². The van der Waals surface area contributed by atoms with Crippen LogP contribution in [-0.4, -0.2) is 120 Å². The SMILES string of the molecule is CN=C/C(=C\N)c1cc2c(cc1C)N(C(=N)C1=C(NC3CCN(C4CCC5(CC4)CN(c4ncc(C(=O)NC6C(C)(C)CC6(C)C)cn4)C5)CC3)CCN(C(C)=O)C1)CCC2.N#Cc1ccc(O)cc1Cl. The lowest BCUT2D eigenvalue weighted by Crippen LogP contribution is -2.63. The number of aryl methyl sites for hydroxylation is 2. The summed E-state index contributed by atoms with van der Waals surface area (Å²) in [5, 5.41) is 34.4. The molecule has 4 aliphatic heterocycles. The van der Waals surface area contributed by atoms with Crippen molar-refractivity contribution in [3.8, 4) is 11.8 Å². The Morgan fingerprint density at radius 2 is 1.69 bits per heavy atom. The fourth-order valence-corrected chi connectivity index (χ4v) is 13.0. The monoisotopic (exact) mass is 985 g/mol. The van der Waals surface area contributed by atoms with Crippen LogP contribution in [0, 0.1) is 39.9 Å². The number of nitrogens with zero attached hydrogens (tertiary/aromatic N) is 8. The number of benzene rings is 2. The van der Waals surface area contributed by atoms with E-state index in [-0.39, 0.29) is 39.5 Å². The highest BCUT2D eigenvalue weighted by molar-refractivity contribution is 6.31. The van der Waals surface area contributed by atoms with Crippen molar-refractivity contribution < 1.29 is 14.7 Å². The number of phenolic OH excluding ortho intramolecular Hbond substituents is 1. The van der Waals surface area contributed by atoms with Crippen LogP contribution in [-0.2, 0) is 11.2 Å². The third-order valence-corrected chi connectivity index (χ3v) is 16.5. The van der Waals surface area contributed by atoms with E-state index in [4.69, 9.17) is 27.7 Å². The van der Waals surface area contributed by atoms with Crippen LogP contribution in [0.3, 0.4) is 0 Å². The van der Waals surface area contributed by atoms with Crippen molar-refractivity contribution >= 4 is 52.7 Å². The van der Waals surface area contributed by atoms with Crippen LogP contribution in [0.15, 0.2) is 65.2 Å². The topological polar surface area (TPSA) is 203 Å². The molecule has 0 radical (unpaired) electrons. The first-order chi connectivity index (χ1) is 33.8. The molecule has 2 saturated carbocycles. The molecule has 378 valence electrons. The standard InChI is InChI=1S/C48H69N11O2.C7H4ClNO/c1-31-21-41-33(22-38(31)34(23-49)24-51-7)9-8-17-59(41)42(50)39-27-57(32(2)60)20-14-40(39)54-36-12-18-56(19-13-36)37-10-15-48(16-11-37)29-58(30-48)45-52-25-35(26-53-45)43(61)55-44-46(3,4)28-47(44,5)6;8-7-3-6(10)2-1-5(7)4-9/h21-26,36-37,44,50,54H,8-20,27-30,49H2,1-7H3,(H,55,61);1-3,10H/b34-23+,50-42?,51-24?;. The minimum absolute atomic E-state index is 0.0560. The van der Waals surface area contributed by atoms with Crippen LogP contribution in [0.25, 0.3) is 5.57 Å². The normalized spacial score (nSPS) is 21.4. The number of halogens is 1. The molecular weight excluding hydrogens is 912 g/mol. The average molecular weight is 986 g/mol. The molecule has 5 heterocycles.